The van der Waals surface area contributed by atoms with Crippen molar-refractivity contribution in [2.45, 2.75) is 83.1 Å². The van der Waals surface area contributed by atoms with Gasteiger partial charge >= 0.3 is 17.9 Å². The maximum absolute atomic E-state index is 14.1. The zero-order valence-corrected chi connectivity index (χ0v) is 35.1. The number of aromatic nitrogens is 1. The van der Waals surface area contributed by atoms with Crippen molar-refractivity contribution in [3.63, 3.8) is 0 Å². The first kappa shape index (κ1) is 51.2. The summed E-state index contributed by atoms with van der Waals surface area (Å²) in [6, 6.07) is 1.64. The van der Waals surface area contributed by atoms with Crippen molar-refractivity contribution in [1.29, 1.82) is 0 Å². The van der Waals surface area contributed by atoms with Crippen LogP contribution in [0.4, 0.5) is 17.6 Å². The highest BCUT2D eigenvalue weighted by Gasteiger charge is 2.34. The molecular weight excluding hydrogens is 860 g/mol. The Morgan fingerprint density at radius 2 is 1.22 bits per heavy atom. The minimum absolute atomic E-state index is 0.0223. The second-order valence-electron chi connectivity index (χ2n) is 14.5. The number of ether oxygens (including phenoxy) is 3. The Labute approximate surface area is 362 Å². The quantitative estimate of drug-likeness (QED) is 0.0448. The number of nitrogens with zero attached hydrogens (tertiary/aromatic N) is 1. The number of aliphatic carboxylic acids is 1. The van der Waals surface area contributed by atoms with Crippen molar-refractivity contribution in [2.24, 2.45) is 5.92 Å². The summed E-state index contributed by atoms with van der Waals surface area (Å²) >= 11 is 0. The number of Topliss-reactive ketones (excluding diaryl/α,β-unsaturated/α-hetero) is 1. The number of nitrogens with one attached hydrogen (secondary N) is 5. The van der Waals surface area contributed by atoms with Crippen molar-refractivity contribution in [2.75, 3.05) is 20.8 Å². The SMILES string of the molecule is COC(=O)CC(NC(=O)[C@H](C)NC(=O)[C@H](CCC(=O)O)NC(=O)C(CC(=O)OC)NC(=O)C(CC(C)C)NC(=O)c1ccc2ccccc2n1)C(=O)COc1c(F)c(F)cc(F)c1F. The largest absolute Gasteiger partial charge is 0.481 e. The number of rotatable bonds is 23. The maximum Gasteiger partial charge on any atom is 0.308 e. The molecular formula is C41H46F4N6O13. The summed E-state index contributed by atoms with van der Waals surface area (Å²) in [4.78, 5) is 121. The van der Waals surface area contributed by atoms with E-state index in [2.05, 4.69) is 45.8 Å². The Morgan fingerprint density at radius 1 is 0.672 bits per heavy atom. The number of amides is 5. The number of para-hydroxylation sites is 1. The molecule has 1 heterocycles. The lowest BCUT2D eigenvalue weighted by Crippen LogP contribution is -2.59. The van der Waals surface area contributed by atoms with Gasteiger partial charge in [-0.15, -0.1) is 0 Å². The van der Waals surface area contributed by atoms with Crippen LogP contribution in [0.1, 0.15) is 63.4 Å². The van der Waals surface area contributed by atoms with Crippen LogP contribution in [0.2, 0.25) is 0 Å². The van der Waals surface area contributed by atoms with Gasteiger partial charge in [0.05, 0.1) is 32.6 Å². The fourth-order valence-corrected chi connectivity index (χ4v) is 5.76. The smallest absolute Gasteiger partial charge is 0.308 e. The first-order chi connectivity index (χ1) is 30.1. The van der Waals surface area contributed by atoms with E-state index in [4.69, 9.17) is 0 Å². The lowest BCUT2D eigenvalue weighted by molar-refractivity contribution is -0.144. The predicted molar refractivity (Wildman–Crippen MR) is 213 cm³/mol. The Morgan fingerprint density at radius 3 is 1.81 bits per heavy atom. The molecule has 5 atom stereocenters. The number of methoxy groups -OCH3 is 2. The normalized spacial score (nSPS) is 13.3. The van der Waals surface area contributed by atoms with Gasteiger partial charge in [0.2, 0.25) is 35.3 Å². The molecule has 3 rings (SSSR count). The number of fused-ring (bicyclic) bond motifs is 1. The molecule has 2 aromatic carbocycles. The van der Waals surface area contributed by atoms with Crippen molar-refractivity contribution in [1.82, 2.24) is 31.6 Å². The average molecular weight is 907 g/mol. The summed E-state index contributed by atoms with van der Waals surface area (Å²) in [6.45, 7) is 3.23. The molecule has 5 amide bonds. The molecule has 0 aliphatic heterocycles. The molecule has 0 fully saturated rings. The fourth-order valence-electron chi connectivity index (χ4n) is 5.76. The standard InChI is InChI=1S/C41H46F4N6O13/c1-19(2)14-28(50-39(59)25-11-10-21-8-6-7-9-24(21)47-25)40(60)51-29(17-33(56)63-5)41(61)48-26(12-13-31(53)54)38(58)46-20(3)37(57)49-27(16-32(55)62-4)30(52)18-64-36-34(44)22(42)15-23(43)35(36)45/h6-11,15,19-20,26-29H,12-14,16-18H2,1-5H3,(H,46,58)(H,48,61)(H,49,57)(H,50,59)(H,51,60)(H,53,54)/t20-,26-,27?,28?,29?/m0/s1. The lowest BCUT2D eigenvalue weighted by atomic mass is 10.0. The number of carbonyl (C=O) groups excluding carboxylic acids is 8. The van der Waals surface area contributed by atoms with Gasteiger partial charge in [-0.05, 0) is 37.8 Å². The van der Waals surface area contributed by atoms with Gasteiger partial charge in [0.1, 0.15) is 42.5 Å². The van der Waals surface area contributed by atoms with Gasteiger partial charge in [0.15, 0.2) is 23.2 Å². The molecule has 0 aliphatic carbocycles. The zero-order valence-electron chi connectivity index (χ0n) is 35.1. The van der Waals surface area contributed by atoms with Gasteiger partial charge in [-0.1, -0.05) is 38.1 Å². The monoisotopic (exact) mass is 906 g/mol. The molecule has 3 aromatic rings. The van der Waals surface area contributed by atoms with Gasteiger partial charge in [-0.25, -0.2) is 13.8 Å². The van der Waals surface area contributed by atoms with Crippen LogP contribution in [-0.2, 0) is 47.8 Å². The maximum atomic E-state index is 14.1. The van der Waals surface area contributed by atoms with Crippen molar-refractivity contribution < 1.29 is 80.0 Å². The summed E-state index contributed by atoms with van der Waals surface area (Å²) in [5, 5.41) is 21.6. The van der Waals surface area contributed by atoms with E-state index in [1.54, 1.807) is 44.2 Å². The van der Waals surface area contributed by atoms with E-state index in [0.717, 1.165) is 26.5 Å². The number of carbonyl (C=O) groups is 9. The van der Waals surface area contributed by atoms with Crippen molar-refractivity contribution in [3.8, 4) is 5.75 Å². The van der Waals surface area contributed by atoms with E-state index in [-0.39, 0.29) is 24.1 Å². The highest BCUT2D eigenvalue weighted by atomic mass is 19.2. The van der Waals surface area contributed by atoms with E-state index in [9.17, 15) is 65.8 Å². The highest BCUT2D eigenvalue weighted by molar-refractivity contribution is 6.00. The third-order valence-corrected chi connectivity index (χ3v) is 9.16. The summed E-state index contributed by atoms with van der Waals surface area (Å²) in [6.07, 6.45) is -3.00. The fraction of sp³-hybridized carbons (Fsp3) is 0.415. The number of ketones is 1. The Bertz CT molecular complexity index is 2240. The molecule has 0 aliphatic rings. The van der Waals surface area contributed by atoms with E-state index in [0.29, 0.717) is 5.52 Å². The van der Waals surface area contributed by atoms with E-state index >= 15 is 0 Å². The van der Waals surface area contributed by atoms with Gasteiger partial charge in [-0.3, -0.25) is 43.2 Å². The van der Waals surface area contributed by atoms with Crippen LogP contribution in [0.5, 0.6) is 5.75 Å². The number of hydrogen-bond donors (Lipinski definition) is 6. The summed E-state index contributed by atoms with van der Waals surface area (Å²) in [5.41, 5.74) is 0.483. The van der Waals surface area contributed by atoms with Crippen LogP contribution < -0.4 is 31.3 Å². The average Bonchev–Trinajstić information content (AvgIpc) is 3.25. The second-order valence-corrected chi connectivity index (χ2v) is 14.5. The molecule has 1 aromatic heterocycles. The third-order valence-electron chi connectivity index (χ3n) is 9.16. The van der Waals surface area contributed by atoms with Gasteiger partial charge in [0.25, 0.3) is 5.91 Å². The number of carboxylic acids is 1. The zero-order chi connectivity index (χ0) is 47.8. The lowest BCUT2D eigenvalue weighted by Gasteiger charge is -2.26. The molecule has 346 valence electrons. The Balaban J connectivity index is 1.78. The van der Waals surface area contributed by atoms with Crippen molar-refractivity contribution >= 4 is 64.1 Å². The van der Waals surface area contributed by atoms with Crippen LogP contribution in [0.15, 0.2) is 42.5 Å². The van der Waals surface area contributed by atoms with Crippen LogP contribution in [0.25, 0.3) is 10.9 Å². The summed E-state index contributed by atoms with van der Waals surface area (Å²) in [7, 11) is 1.92. The van der Waals surface area contributed by atoms with Gasteiger partial charge in [-0.2, -0.15) is 8.78 Å². The number of carboxylic acid groups (broad SMARTS) is 1. The number of esters is 2. The Kier molecular flexibility index (Phi) is 19.1. The van der Waals surface area contributed by atoms with Crippen LogP contribution in [0.3, 0.4) is 0 Å². The minimum atomic E-state index is -1.98. The van der Waals surface area contributed by atoms with E-state index < -0.39 is 145 Å². The van der Waals surface area contributed by atoms with Crippen LogP contribution in [0, 0.1) is 29.2 Å². The third kappa shape index (κ3) is 15.0. The molecule has 0 saturated carbocycles. The predicted octanol–water partition coefficient (Wildman–Crippen LogP) is 1.53. The topological polar surface area (TPSA) is 275 Å². The molecule has 3 unspecified atom stereocenters. The first-order valence-corrected chi connectivity index (χ1v) is 19.4. The first-order valence-electron chi connectivity index (χ1n) is 19.4. The van der Waals surface area contributed by atoms with Crippen LogP contribution in [-0.4, -0.2) is 114 Å². The van der Waals surface area contributed by atoms with E-state index in [1.165, 1.54) is 6.07 Å². The molecule has 0 radical (unpaired) electrons. The molecule has 0 bridgehead atoms. The number of pyridine rings is 1. The highest BCUT2D eigenvalue weighted by Crippen LogP contribution is 2.26. The minimum Gasteiger partial charge on any atom is -0.481 e. The molecule has 23 heteroatoms. The Hall–Kier alpha value is -7.20. The van der Waals surface area contributed by atoms with Gasteiger partial charge in [0, 0.05) is 17.9 Å². The van der Waals surface area contributed by atoms with E-state index in [1.807, 2.05) is 0 Å². The number of halogens is 4. The summed E-state index contributed by atoms with van der Waals surface area (Å²) < 4.78 is 69.3. The molecule has 64 heavy (non-hydrogen) atoms. The molecule has 0 spiro atoms. The number of hydrogen-bond acceptors (Lipinski definition) is 13. The molecule has 6 N–H and O–H groups in total. The molecule has 19 nitrogen and oxygen atoms in total. The van der Waals surface area contributed by atoms with Gasteiger partial charge < -0.3 is 45.9 Å². The second kappa shape index (κ2) is 23.9. The molecule has 0 saturated heterocycles. The number of benzene rings is 2. The van der Waals surface area contributed by atoms with Crippen LogP contribution >= 0.6 is 0 Å². The summed E-state index contributed by atoms with van der Waals surface area (Å²) in [5.74, 6) is -19.4. The van der Waals surface area contributed by atoms with Crippen molar-refractivity contribution in [3.05, 3.63) is 71.4 Å².